The second-order valence-corrected chi connectivity index (χ2v) is 6.83. The third-order valence-electron chi connectivity index (χ3n) is 4.51. The highest BCUT2D eigenvalue weighted by atomic mass is 16.3. The fraction of sp³-hybridized carbons (Fsp3) is 0.562. The molecular weight excluding hydrogens is 250 g/mol. The van der Waals surface area contributed by atoms with E-state index in [9.17, 15) is 5.11 Å². The second-order valence-electron chi connectivity index (χ2n) is 6.83. The average Bonchev–Trinajstić information content (AvgIpc) is 2.94. The molecule has 0 amide bonds. The smallest absolute Gasteiger partial charge is 0.0812 e. The number of aliphatic hydroxyl groups is 1. The van der Waals surface area contributed by atoms with Crippen molar-refractivity contribution in [1.29, 1.82) is 0 Å². The third-order valence-corrected chi connectivity index (χ3v) is 4.51. The normalized spacial score (nSPS) is 22.6. The van der Waals surface area contributed by atoms with Crippen molar-refractivity contribution < 1.29 is 5.11 Å². The molecule has 2 heterocycles. The van der Waals surface area contributed by atoms with E-state index in [1.807, 2.05) is 12.4 Å². The zero-order chi connectivity index (χ0) is 14.5. The molecule has 4 heteroatoms. The minimum Gasteiger partial charge on any atom is -0.388 e. The Kier molecular flexibility index (Phi) is 3.01. The van der Waals surface area contributed by atoms with Crippen LogP contribution in [0.1, 0.15) is 61.9 Å². The van der Waals surface area contributed by atoms with Gasteiger partial charge in [0.25, 0.3) is 0 Å². The Morgan fingerprint density at radius 1 is 1.50 bits per heavy atom. The fourth-order valence-corrected chi connectivity index (χ4v) is 3.54. The highest BCUT2D eigenvalue weighted by molar-refractivity contribution is 5.35. The van der Waals surface area contributed by atoms with Crippen LogP contribution in [0.25, 0.3) is 0 Å². The first kappa shape index (κ1) is 13.4. The molecule has 1 aliphatic rings. The van der Waals surface area contributed by atoms with Gasteiger partial charge in [-0.1, -0.05) is 13.8 Å². The molecule has 2 unspecified atom stereocenters. The SMILES string of the molecule is Cc1cc2c(n1C(C)c1cn[nH]c1)CC(C)(C)CC2O. The van der Waals surface area contributed by atoms with Gasteiger partial charge in [0.05, 0.1) is 18.3 Å². The summed E-state index contributed by atoms with van der Waals surface area (Å²) in [5, 5.41) is 17.4. The monoisotopic (exact) mass is 273 g/mol. The lowest BCUT2D eigenvalue weighted by atomic mass is 9.75. The van der Waals surface area contributed by atoms with Crippen molar-refractivity contribution in [2.45, 2.75) is 52.7 Å². The van der Waals surface area contributed by atoms with E-state index in [0.717, 1.165) is 18.4 Å². The number of aryl methyl sites for hydroxylation is 1. The molecule has 0 spiro atoms. The van der Waals surface area contributed by atoms with Gasteiger partial charge >= 0.3 is 0 Å². The molecule has 108 valence electrons. The topological polar surface area (TPSA) is 53.8 Å². The van der Waals surface area contributed by atoms with E-state index in [0.29, 0.717) is 0 Å². The van der Waals surface area contributed by atoms with Crippen molar-refractivity contribution in [3.05, 3.63) is 41.0 Å². The zero-order valence-electron chi connectivity index (χ0n) is 12.6. The number of H-pyrrole nitrogens is 1. The molecule has 2 N–H and O–H groups in total. The first-order valence-electron chi connectivity index (χ1n) is 7.26. The minimum absolute atomic E-state index is 0.144. The van der Waals surface area contributed by atoms with Gasteiger partial charge in [0.1, 0.15) is 0 Å². The van der Waals surface area contributed by atoms with Gasteiger partial charge in [-0.3, -0.25) is 5.10 Å². The average molecular weight is 273 g/mol. The summed E-state index contributed by atoms with van der Waals surface area (Å²) in [6.45, 7) is 8.77. The lowest BCUT2D eigenvalue weighted by molar-refractivity contribution is 0.0977. The molecular formula is C16H23N3O. The van der Waals surface area contributed by atoms with Crippen molar-refractivity contribution in [2.24, 2.45) is 5.41 Å². The van der Waals surface area contributed by atoms with Gasteiger partial charge in [-0.25, -0.2) is 0 Å². The van der Waals surface area contributed by atoms with Crippen LogP contribution in [0.2, 0.25) is 0 Å². The van der Waals surface area contributed by atoms with Crippen molar-refractivity contribution in [3.63, 3.8) is 0 Å². The number of nitrogens with one attached hydrogen (secondary N) is 1. The van der Waals surface area contributed by atoms with Crippen LogP contribution in [-0.4, -0.2) is 19.9 Å². The quantitative estimate of drug-likeness (QED) is 0.883. The standard InChI is InChI=1S/C16H23N3O/c1-10-5-13-14(6-16(3,4)7-15(13)20)19(10)11(2)12-8-17-18-9-12/h5,8-9,11,15,20H,6-7H2,1-4H3,(H,17,18). The Bertz CT molecular complexity index is 610. The van der Waals surface area contributed by atoms with Crippen LogP contribution >= 0.6 is 0 Å². The third kappa shape index (κ3) is 2.08. The maximum Gasteiger partial charge on any atom is 0.0812 e. The van der Waals surface area contributed by atoms with Gasteiger partial charge < -0.3 is 9.67 Å². The molecule has 20 heavy (non-hydrogen) atoms. The second kappa shape index (κ2) is 4.48. The van der Waals surface area contributed by atoms with Gasteiger partial charge in [0, 0.05) is 28.7 Å². The Morgan fingerprint density at radius 2 is 2.25 bits per heavy atom. The van der Waals surface area contributed by atoms with E-state index in [1.54, 1.807) is 0 Å². The molecule has 1 aliphatic carbocycles. The number of rotatable bonds is 2. The van der Waals surface area contributed by atoms with Crippen LogP contribution in [0, 0.1) is 12.3 Å². The number of hydrogen-bond acceptors (Lipinski definition) is 2. The maximum atomic E-state index is 10.4. The predicted molar refractivity (Wildman–Crippen MR) is 78.6 cm³/mol. The molecule has 0 saturated carbocycles. The predicted octanol–water partition coefficient (Wildman–Crippen LogP) is 3.13. The van der Waals surface area contributed by atoms with Crippen molar-refractivity contribution >= 4 is 0 Å². The number of aliphatic hydroxyl groups excluding tert-OH is 1. The first-order valence-corrected chi connectivity index (χ1v) is 7.26. The van der Waals surface area contributed by atoms with Crippen molar-refractivity contribution in [3.8, 4) is 0 Å². The van der Waals surface area contributed by atoms with E-state index >= 15 is 0 Å². The summed E-state index contributed by atoms with van der Waals surface area (Å²) < 4.78 is 2.35. The summed E-state index contributed by atoms with van der Waals surface area (Å²) in [5.41, 5.74) is 4.91. The highest BCUT2D eigenvalue weighted by Gasteiger charge is 2.35. The molecule has 4 nitrogen and oxygen atoms in total. The number of aromatic amines is 1. The van der Waals surface area contributed by atoms with Crippen LogP contribution in [0.3, 0.4) is 0 Å². The van der Waals surface area contributed by atoms with Crippen LogP contribution in [0.5, 0.6) is 0 Å². The number of hydrogen-bond donors (Lipinski definition) is 2. The molecule has 2 aromatic heterocycles. The molecule has 0 aromatic carbocycles. The Hall–Kier alpha value is -1.55. The molecule has 0 bridgehead atoms. The van der Waals surface area contributed by atoms with Crippen LogP contribution in [0.4, 0.5) is 0 Å². The highest BCUT2D eigenvalue weighted by Crippen LogP contribution is 2.43. The summed E-state index contributed by atoms with van der Waals surface area (Å²) in [6, 6.07) is 2.38. The zero-order valence-corrected chi connectivity index (χ0v) is 12.6. The molecule has 0 radical (unpaired) electrons. The Morgan fingerprint density at radius 3 is 2.90 bits per heavy atom. The lowest BCUT2D eigenvalue weighted by Crippen LogP contribution is -2.27. The van der Waals surface area contributed by atoms with Gasteiger partial charge in [-0.15, -0.1) is 0 Å². The van der Waals surface area contributed by atoms with Crippen LogP contribution in [-0.2, 0) is 6.42 Å². The largest absolute Gasteiger partial charge is 0.388 e. The van der Waals surface area contributed by atoms with Gasteiger partial charge in [-0.2, -0.15) is 5.10 Å². The van der Waals surface area contributed by atoms with E-state index in [2.05, 4.69) is 48.5 Å². The molecule has 2 aromatic rings. The van der Waals surface area contributed by atoms with Gasteiger partial charge in [0.2, 0.25) is 0 Å². The molecule has 0 aliphatic heterocycles. The molecule has 0 saturated heterocycles. The van der Waals surface area contributed by atoms with E-state index < -0.39 is 0 Å². The number of fused-ring (bicyclic) bond motifs is 1. The maximum absolute atomic E-state index is 10.4. The van der Waals surface area contributed by atoms with Crippen molar-refractivity contribution in [1.82, 2.24) is 14.8 Å². The summed E-state index contributed by atoms with van der Waals surface area (Å²) in [5.74, 6) is 0. The van der Waals surface area contributed by atoms with Gasteiger partial charge in [-0.05, 0) is 38.2 Å². The van der Waals surface area contributed by atoms with E-state index in [4.69, 9.17) is 0 Å². The Labute approximate surface area is 119 Å². The van der Waals surface area contributed by atoms with Crippen LogP contribution in [0.15, 0.2) is 18.5 Å². The van der Waals surface area contributed by atoms with Crippen LogP contribution < -0.4 is 0 Å². The molecule has 0 fully saturated rings. The number of nitrogens with zero attached hydrogens (tertiary/aromatic N) is 2. The molecule has 3 rings (SSSR count). The van der Waals surface area contributed by atoms with E-state index in [-0.39, 0.29) is 17.6 Å². The molecule has 2 atom stereocenters. The summed E-state index contributed by atoms with van der Waals surface area (Å²) in [4.78, 5) is 0. The summed E-state index contributed by atoms with van der Waals surface area (Å²) in [6.07, 6.45) is 5.33. The summed E-state index contributed by atoms with van der Waals surface area (Å²) >= 11 is 0. The summed E-state index contributed by atoms with van der Waals surface area (Å²) in [7, 11) is 0. The van der Waals surface area contributed by atoms with Crippen molar-refractivity contribution in [2.75, 3.05) is 0 Å². The fourth-order valence-electron chi connectivity index (χ4n) is 3.54. The Balaban J connectivity index is 2.09. The minimum atomic E-state index is -0.342. The lowest BCUT2D eigenvalue weighted by Gasteiger charge is -2.34. The first-order chi connectivity index (χ1) is 9.39. The van der Waals surface area contributed by atoms with Gasteiger partial charge in [0.15, 0.2) is 0 Å². The number of aromatic nitrogens is 3. The van der Waals surface area contributed by atoms with E-state index in [1.165, 1.54) is 17.0 Å².